The largest absolute Gasteiger partial charge is 0.314 e. The Morgan fingerprint density at radius 1 is 1.25 bits per heavy atom. The van der Waals surface area contributed by atoms with E-state index in [1.165, 1.54) is 25.3 Å². The fourth-order valence-corrected chi connectivity index (χ4v) is 3.39. The van der Waals surface area contributed by atoms with Gasteiger partial charge in [0, 0.05) is 36.7 Å². The van der Waals surface area contributed by atoms with Crippen LogP contribution in [0.15, 0.2) is 22.7 Å². The van der Waals surface area contributed by atoms with Gasteiger partial charge in [-0.1, -0.05) is 42.1 Å². The number of halogens is 2. The van der Waals surface area contributed by atoms with E-state index in [1.807, 2.05) is 0 Å². The van der Waals surface area contributed by atoms with Gasteiger partial charge < -0.3 is 5.32 Å². The number of piperazine rings is 1. The lowest BCUT2D eigenvalue weighted by atomic mass is 9.98. The van der Waals surface area contributed by atoms with Crippen LogP contribution in [0.4, 0.5) is 4.39 Å². The third-order valence-corrected chi connectivity index (χ3v) is 4.40. The van der Waals surface area contributed by atoms with Gasteiger partial charge in [-0.25, -0.2) is 4.39 Å². The van der Waals surface area contributed by atoms with Gasteiger partial charge in [-0.05, 0) is 30.2 Å². The van der Waals surface area contributed by atoms with Crippen molar-refractivity contribution in [3.63, 3.8) is 0 Å². The quantitative estimate of drug-likeness (QED) is 0.782. The van der Waals surface area contributed by atoms with Crippen molar-refractivity contribution in [2.45, 2.75) is 38.6 Å². The first-order valence-corrected chi connectivity index (χ1v) is 8.40. The van der Waals surface area contributed by atoms with Crippen LogP contribution < -0.4 is 5.32 Å². The molecule has 2 nitrogen and oxygen atoms in total. The molecule has 1 heterocycles. The van der Waals surface area contributed by atoms with Crippen molar-refractivity contribution in [2.24, 2.45) is 0 Å². The molecule has 0 aliphatic carbocycles. The highest BCUT2D eigenvalue weighted by Crippen LogP contribution is 2.29. The number of nitrogens with one attached hydrogen (secondary N) is 1. The molecular weight excluding hydrogens is 319 g/mol. The van der Waals surface area contributed by atoms with Gasteiger partial charge in [-0.3, -0.25) is 4.90 Å². The summed E-state index contributed by atoms with van der Waals surface area (Å²) in [5.74, 6) is -0.148. The molecule has 0 radical (unpaired) electrons. The zero-order valence-electron chi connectivity index (χ0n) is 12.2. The third-order valence-electron chi connectivity index (χ3n) is 3.94. The van der Waals surface area contributed by atoms with E-state index < -0.39 is 0 Å². The molecule has 4 heteroatoms. The zero-order chi connectivity index (χ0) is 14.4. The zero-order valence-corrected chi connectivity index (χ0v) is 13.8. The number of unbranched alkanes of at least 4 members (excludes halogenated alkanes) is 2. The van der Waals surface area contributed by atoms with Crippen molar-refractivity contribution >= 4 is 15.9 Å². The molecule has 20 heavy (non-hydrogen) atoms. The van der Waals surface area contributed by atoms with E-state index in [0.29, 0.717) is 6.04 Å². The molecule has 1 fully saturated rings. The molecule has 1 N–H and O–H groups in total. The molecule has 0 amide bonds. The highest BCUT2D eigenvalue weighted by atomic mass is 79.9. The summed E-state index contributed by atoms with van der Waals surface area (Å²) in [4.78, 5) is 2.49. The summed E-state index contributed by atoms with van der Waals surface area (Å²) >= 11 is 3.42. The van der Waals surface area contributed by atoms with Crippen molar-refractivity contribution in [3.05, 3.63) is 34.1 Å². The minimum Gasteiger partial charge on any atom is -0.314 e. The normalized spacial score (nSPS) is 18.1. The summed E-state index contributed by atoms with van der Waals surface area (Å²) in [6.07, 6.45) is 4.79. The van der Waals surface area contributed by atoms with Crippen LogP contribution in [0.5, 0.6) is 0 Å². The average Bonchev–Trinajstić information content (AvgIpc) is 2.43. The van der Waals surface area contributed by atoms with Crippen LogP contribution in [0.25, 0.3) is 0 Å². The molecule has 0 saturated carbocycles. The van der Waals surface area contributed by atoms with E-state index in [9.17, 15) is 4.39 Å². The molecule has 112 valence electrons. The Morgan fingerprint density at radius 2 is 2.00 bits per heavy atom. The maximum Gasteiger partial charge on any atom is 0.124 e. The second-order valence-electron chi connectivity index (χ2n) is 5.50. The Balaban J connectivity index is 2.15. The van der Waals surface area contributed by atoms with Crippen LogP contribution in [0, 0.1) is 5.82 Å². The molecule has 1 aromatic carbocycles. The van der Waals surface area contributed by atoms with Gasteiger partial charge in [-0.15, -0.1) is 0 Å². The fourth-order valence-electron chi connectivity index (χ4n) is 2.91. The molecule has 2 rings (SSSR count). The minimum atomic E-state index is -0.148. The Labute approximate surface area is 129 Å². The lowest BCUT2D eigenvalue weighted by Gasteiger charge is -2.35. The van der Waals surface area contributed by atoms with Gasteiger partial charge in [0.25, 0.3) is 0 Å². The first-order chi connectivity index (χ1) is 9.70. The van der Waals surface area contributed by atoms with Gasteiger partial charge in [0.1, 0.15) is 5.82 Å². The summed E-state index contributed by atoms with van der Waals surface area (Å²) in [7, 11) is 0. The predicted molar refractivity (Wildman–Crippen MR) is 85.4 cm³/mol. The second kappa shape index (κ2) is 8.11. The van der Waals surface area contributed by atoms with Crippen LogP contribution in [0.1, 0.15) is 44.2 Å². The molecule has 1 aliphatic heterocycles. The Kier molecular flexibility index (Phi) is 6.46. The highest BCUT2D eigenvalue weighted by Gasteiger charge is 2.22. The van der Waals surface area contributed by atoms with E-state index in [0.717, 1.165) is 42.6 Å². The molecular formula is C16H24BrFN2. The van der Waals surface area contributed by atoms with Crippen LogP contribution in [0.2, 0.25) is 0 Å². The molecule has 1 aromatic rings. The van der Waals surface area contributed by atoms with E-state index in [2.05, 4.69) is 39.1 Å². The summed E-state index contributed by atoms with van der Waals surface area (Å²) in [6, 6.07) is 5.64. The predicted octanol–water partition coefficient (Wildman–Crippen LogP) is 4.11. The number of hydrogen-bond acceptors (Lipinski definition) is 2. The lowest BCUT2D eigenvalue weighted by Crippen LogP contribution is -2.45. The maximum atomic E-state index is 13.7. The standard InChI is InChI=1S/C16H24BrFN2/c1-2-3-4-5-16(20-8-6-19-7-9-20)13-10-14(17)12-15(18)11-13/h10-12,16,19H,2-9H2,1H3/t16-/m0/s1. The highest BCUT2D eigenvalue weighted by molar-refractivity contribution is 9.10. The van der Waals surface area contributed by atoms with Crippen LogP contribution >= 0.6 is 15.9 Å². The Morgan fingerprint density at radius 3 is 2.65 bits per heavy atom. The molecule has 0 bridgehead atoms. The van der Waals surface area contributed by atoms with Crippen LogP contribution in [-0.4, -0.2) is 31.1 Å². The van der Waals surface area contributed by atoms with Crippen molar-refractivity contribution in [1.29, 1.82) is 0 Å². The fraction of sp³-hybridized carbons (Fsp3) is 0.625. The summed E-state index contributed by atoms with van der Waals surface area (Å²) in [6.45, 7) is 6.37. The lowest BCUT2D eigenvalue weighted by molar-refractivity contribution is 0.162. The van der Waals surface area contributed by atoms with Gasteiger partial charge >= 0.3 is 0 Å². The second-order valence-corrected chi connectivity index (χ2v) is 6.42. The van der Waals surface area contributed by atoms with Crippen LogP contribution in [-0.2, 0) is 0 Å². The van der Waals surface area contributed by atoms with Crippen molar-refractivity contribution in [2.75, 3.05) is 26.2 Å². The average molecular weight is 343 g/mol. The number of rotatable bonds is 6. The monoisotopic (exact) mass is 342 g/mol. The Hall–Kier alpha value is -0.450. The maximum absolute atomic E-state index is 13.7. The van der Waals surface area contributed by atoms with Crippen LogP contribution in [0.3, 0.4) is 0 Å². The smallest absolute Gasteiger partial charge is 0.124 e. The number of benzene rings is 1. The van der Waals surface area contributed by atoms with Gasteiger partial charge in [0.05, 0.1) is 0 Å². The van der Waals surface area contributed by atoms with E-state index in [4.69, 9.17) is 0 Å². The van der Waals surface area contributed by atoms with Gasteiger partial charge in [0.15, 0.2) is 0 Å². The van der Waals surface area contributed by atoms with E-state index in [-0.39, 0.29) is 5.82 Å². The summed E-state index contributed by atoms with van der Waals surface area (Å²) in [5, 5.41) is 3.39. The molecule has 0 unspecified atom stereocenters. The topological polar surface area (TPSA) is 15.3 Å². The molecule has 1 aliphatic rings. The number of hydrogen-bond donors (Lipinski definition) is 1. The molecule has 1 atom stereocenters. The van der Waals surface area contributed by atoms with Crippen molar-refractivity contribution in [3.8, 4) is 0 Å². The minimum absolute atomic E-state index is 0.148. The Bertz CT molecular complexity index is 399. The van der Waals surface area contributed by atoms with Gasteiger partial charge in [0.2, 0.25) is 0 Å². The third kappa shape index (κ3) is 4.54. The van der Waals surface area contributed by atoms with E-state index >= 15 is 0 Å². The summed E-state index contributed by atoms with van der Waals surface area (Å²) in [5.41, 5.74) is 1.11. The number of nitrogens with zero attached hydrogens (tertiary/aromatic N) is 1. The van der Waals surface area contributed by atoms with Gasteiger partial charge in [-0.2, -0.15) is 0 Å². The molecule has 0 aromatic heterocycles. The molecule has 1 saturated heterocycles. The molecule has 0 spiro atoms. The van der Waals surface area contributed by atoms with Crippen molar-refractivity contribution < 1.29 is 4.39 Å². The summed E-state index contributed by atoms with van der Waals surface area (Å²) < 4.78 is 14.5. The first-order valence-electron chi connectivity index (χ1n) is 7.61. The van der Waals surface area contributed by atoms with Crippen molar-refractivity contribution in [1.82, 2.24) is 10.2 Å². The SMILES string of the molecule is CCCCC[C@@H](c1cc(F)cc(Br)c1)N1CCNCC1. The first kappa shape index (κ1) is 15.9. The van der Waals surface area contributed by atoms with E-state index in [1.54, 1.807) is 6.07 Å².